The van der Waals surface area contributed by atoms with Crippen LogP contribution in [-0.4, -0.2) is 23.0 Å². The van der Waals surface area contributed by atoms with Crippen molar-refractivity contribution >= 4 is 23.3 Å². The van der Waals surface area contributed by atoms with Gasteiger partial charge < -0.3 is 10.2 Å². The van der Waals surface area contributed by atoms with Gasteiger partial charge in [0.2, 0.25) is 0 Å². The highest BCUT2D eigenvalue weighted by Gasteiger charge is 2.29. The number of halogens is 1. The average Bonchev–Trinajstić information content (AvgIpc) is 2.35. The van der Waals surface area contributed by atoms with Crippen molar-refractivity contribution in [1.82, 2.24) is 4.90 Å². The molecule has 0 spiro atoms. The monoisotopic (exact) mass is 280 g/mol. The van der Waals surface area contributed by atoms with E-state index in [0.29, 0.717) is 17.1 Å². The Bertz CT molecular complexity index is 465. The molecule has 1 aliphatic heterocycles. The molecule has 0 bridgehead atoms. The predicted octanol–water partition coefficient (Wildman–Crippen LogP) is 4.44. The number of urea groups is 1. The summed E-state index contributed by atoms with van der Waals surface area (Å²) < 4.78 is 0. The van der Waals surface area contributed by atoms with Crippen LogP contribution in [0.4, 0.5) is 10.5 Å². The van der Waals surface area contributed by atoms with Gasteiger partial charge in [-0.2, -0.15) is 0 Å². The fourth-order valence-electron chi connectivity index (χ4n) is 2.74. The van der Waals surface area contributed by atoms with Crippen molar-refractivity contribution in [3.8, 4) is 0 Å². The molecule has 2 amide bonds. The lowest BCUT2D eigenvalue weighted by Crippen LogP contribution is -2.49. The maximum atomic E-state index is 12.4. The second-order valence-corrected chi connectivity index (χ2v) is 5.79. The van der Waals surface area contributed by atoms with Gasteiger partial charge in [-0.05, 0) is 57.7 Å². The van der Waals surface area contributed by atoms with Crippen LogP contribution in [-0.2, 0) is 0 Å². The third kappa shape index (κ3) is 3.03. The zero-order valence-corrected chi connectivity index (χ0v) is 12.5. The van der Waals surface area contributed by atoms with Crippen molar-refractivity contribution in [2.45, 2.75) is 52.1 Å². The van der Waals surface area contributed by atoms with Crippen molar-refractivity contribution in [2.24, 2.45) is 0 Å². The zero-order valence-electron chi connectivity index (χ0n) is 11.7. The largest absolute Gasteiger partial charge is 0.322 e. The molecule has 2 unspecified atom stereocenters. The minimum absolute atomic E-state index is 0.0231. The molecule has 0 saturated carbocycles. The summed E-state index contributed by atoms with van der Waals surface area (Å²) in [7, 11) is 0. The summed E-state index contributed by atoms with van der Waals surface area (Å²) in [5.74, 6) is 0. The minimum atomic E-state index is -0.0231. The number of hydrogen-bond acceptors (Lipinski definition) is 1. The van der Waals surface area contributed by atoms with Gasteiger partial charge in [-0.25, -0.2) is 4.79 Å². The Kier molecular flexibility index (Phi) is 4.35. The van der Waals surface area contributed by atoms with Gasteiger partial charge >= 0.3 is 6.03 Å². The second-order valence-electron chi connectivity index (χ2n) is 5.38. The van der Waals surface area contributed by atoms with E-state index >= 15 is 0 Å². The van der Waals surface area contributed by atoms with Gasteiger partial charge in [0.15, 0.2) is 0 Å². The van der Waals surface area contributed by atoms with E-state index in [1.165, 1.54) is 6.42 Å². The van der Waals surface area contributed by atoms with Crippen LogP contribution in [0, 0.1) is 6.92 Å². The summed E-state index contributed by atoms with van der Waals surface area (Å²) in [6.45, 7) is 6.14. The first-order valence-electron chi connectivity index (χ1n) is 6.85. The number of amides is 2. The Labute approximate surface area is 119 Å². The first-order chi connectivity index (χ1) is 9.00. The van der Waals surface area contributed by atoms with Crippen LogP contribution in [0.15, 0.2) is 18.2 Å². The molecule has 19 heavy (non-hydrogen) atoms. The van der Waals surface area contributed by atoms with Crippen LogP contribution in [0.25, 0.3) is 0 Å². The molecule has 1 aromatic carbocycles. The summed E-state index contributed by atoms with van der Waals surface area (Å²) in [6, 6.07) is 6.14. The molecular weight excluding hydrogens is 260 g/mol. The van der Waals surface area contributed by atoms with E-state index in [-0.39, 0.29) is 6.03 Å². The van der Waals surface area contributed by atoms with Gasteiger partial charge in [-0.3, -0.25) is 0 Å². The number of nitrogens with zero attached hydrogens (tertiary/aromatic N) is 1. The Morgan fingerprint density at radius 1 is 1.32 bits per heavy atom. The Morgan fingerprint density at radius 3 is 2.58 bits per heavy atom. The molecule has 0 aromatic heterocycles. The first-order valence-corrected chi connectivity index (χ1v) is 7.23. The van der Waals surface area contributed by atoms with Gasteiger partial charge in [0.25, 0.3) is 0 Å². The van der Waals surface area contributed by atoms with Crippen LogP contribution >= 0.6 is 11.6 Å². The zero-order chi connectivity index (χ0) is 14.0. The van der Waals surface area contributed by atoms with Crippen LogP contribution in [0.1, 0.15) is 38.7 Å². The van der Waals surface area contributed by atoms with Gasteiger partial charge in [0.05, 0.1) is 0 Å². The van der Waals surface area contributed by atoms with E-state index in [9.17, 15) is 4.79 Å². The van der Waals surface area contributed by atoms with Crippen LogP contribution in [0.3, 0.4) is 0 Å². The molecule has 0 aliphatic carbocycles. The predicted molar refractivity (Wildman–Crippen MR) is 79.8 cm³/mol. The molecule has 1 fully saturated rings. The lowest BCUT2D eigenvalue weighted by atomic mass is 9.98. The summed E-state index contributed by atoms with van der Waals surface area (Å²) in [4.78, 5) is 14.4. The highest BCUT2D eigenvalue weighted by Crippen LogP contribution is 2.26. The van der Waals surface area contributed by atoms with Gasteiger partial charge in [-0.1, -0.05) is 17.7 Å². The van der Waals surface area contributed by atoms with Crippen molar-refractivity contribution in [3.63, 3.8) is 0 Å². The van der Waals surface area contributed by atoms with Gasteiger partial charge in [0.1, 0.15) is 0 Å². The van der Waals surface area contributed by atoms with E-state index in [0.717, 1.165) is 24.1 Å². The second kappa shape index (κ2) is 5.83. The van der Waals surface area contributed by atoms with Crippen molar-refractivity contribution in [3.05, 3.63) is 28.8 Å². The number of carbonyl (C=O) groups excluding carboxylic acids is 1. The fourth-order valence-corrected chi connectivity index (χ4v) is 2.92. The number of rotatable bonds is 1. The molecule has 104 valence electrons. The SMILES string of the molecule is Cc1c(Cl)cccc1NC(=O)N1C(C)CCCC1C. The van der Waals surface area contributed by atoms with Crippen molar-refractivity contribution < 1.29 is 4.79 Å². The summed E-state index contributed by atoms with van der Waals surface area (Å²) in [5, 5.41) is 3.66. The average molecular weight is 281 g/mol. The molecule has 2 rings (SSSR count). The molecular formula is C15H21ClN2O. The van der Waals surface area contributed by atoms with E-state index in [4.69, 9.17) is 11.6 Å². The molecule has 4 heteroatoms. The molecule has 3 nitrogen and oxygen atoms in total. The summed E-state index contributed by atoms with van der Waals surface area (Å²) in [5.41, 5.74) is 1.71. The summed E-state index contributed by atoms with van der Waals surface area (Å²) in [6.07, 6.45) is 3.35. The van der Waals surface area contributed by atoms with Crippen molar-refractivity contribution in [2.75, 3.05) is 5.32 Å². The number of piperidine rings is 1. The third-order valence-electron chi connectivity index (χ3n) is 3.94. The Morgan fingerprint density at radius 2 is 1.95 bits per heavy atom. The number of hydrogen-bond donors (Lipinski definition) is 1. The smallest absolute Gasteiger partial charge is 0.319 e. The van der Waals surface area contributed by atoms with Crippen LogP contribution < -0.4 is 5.32 Å². The normalized spacial score (nSPS) is 23.3. The lowest BCUT2D eigenvalue weighted by molar-refractivity contribution is 0.133. The standard InChI is InChI=1S/C15H21ClN2O/c1-10-6-4-7-11(2)18(10)15(19)17-14-9-5-8-13(16)12(14)3/h5,8-11H,4,6-7H2,1-3H3,(H,17,19). The van der Waals surface area contributed by atoms with Gasteiger partial charge in [-0.15, -0.1) is 0 Å². The topological polar surface area (TPSA) is 32.3 Å². The molecule has 1 saturated heterocycles. The fraction of sp³-hybridized carbons (Fsp3) is 0.533. The number of benzene rings is 1. The van der Waals surface area contributed by atoms with Gasteiger partial charge in [0, 0.05) is 22.8 Å². The maximum Gasteiger partial charge on any atom is 0.322 e. The lowest BCUT2D eigenvalue weighted by Gasteiger charge is -2.39. The van der Waals surface area contributed by atoms with Crippen LogP contribution in [0.2, 0.25) is 5.02 Å². The number of nitrogens with one attached hydrogen (secondary N) is 1. The van der Waals surface area contributed by atoms with Crippen LogP contribution in [0.5, 0.6) is 0 Å². The number of anilines is 1. The molecule has 0 radical (unpaired) electrons. The summed E-state index contributed by atoms with van der Waals surface area (Å²) >= 11 is 6.08. The van der Waals surface area contributed by atoms with E-state index in [1.54, 1.807) is 0 Å². The van der Waals surface area contributed by atoms with Crippen molar-refractivity contribution in [1.29, 1.82) is 0 Å². The molecule has 1 aliphatic rings. The number of carbonyl (C=O) groups is 1. The Hall–Kier alpha value is -1.22. The molecule has 2 atom stereocenters. The first kappa shape index (κ1) is 14.2. The maximum absolute atomic E-state index is 12.4. The van der Waals surface area contributed by atoms with E-state index in [2.05, 4.69) is 19.2 Å². The van der Waals surface area contributed by atoms with E-state index < -0.39 is 0 Å². The molecule has 1 aromatic rings. The van der Waals surface area contributed by atoms with E-state index in [1.807, 2.05) is 30.0 Å². The molecule has 1 heterocycles. The highest BCUT2D eigenvalue weighted by molar-refractivity contribution is 6.31. The third-order valence-corrected chi connectivity index (χ3v) is 4.35. The number of likely N-dealkylation sites (tertiary alicyclic amines) is 1. The Balaban J connectivity index is 2.14. The molecule has 1 N–H and O–H groups in total. The highest BCUT2D eigenvalue weighted by atomic mass is 35.5. The quantitative estimate of drug-likeness (QED) is 0.810. The minimum Gasteiger partial charge on any atom is -0.319 e.